The summed E-state index contributed by atoms with van der Waals surface area (Å²) in [6, 6.07) is 0. The van der Waals surface area contributed by atoms with Crippen molar-refractivity contribution in [3.63, 3.8) is 0 Å². The molecule has 0 bridgehead atoms. The first kappa shape index (κ1) is 19.2. The summed E-state index contributed by atoms with van der Waals surface area (Å²) in [5, 5.41) is 3.05. The van der Waals surface area contributed by atoms with Crippen molar-refractivity contribution in [2.24, 2.45) is 23.0 Å². The van der Waals surface area contributed by atoms with Crippen molar-refractivity contribution in [1.82, 2.24) is 10.2 Å². The number of amides is 2. The van der Waals surface area contributed by atoms with Gasteiger partial charge in [0.15, 0.2) is 0 Å². The van der Waals surface area contributed by atoms with Crippen LogP contribution in [0.5, 0.6) is 0 Å². The number of carbonyl (C=O) groups excluding carboxylic acids is 2. The third kappa shape index (κ3) is 4.71. The molecule has 2 amide bonds. The van der Waals surface area contributed by atoms with E-state index in [1.54, 1.807) is 0 Å². The van der Waals surface area contributed by atoms with Crippen LogP contribution < -0.4 is 11.1 Å². The van der Waals surface area contributed by atoms with Gasteiger partial charge in [-0.15, -0.1) is 0 Å². The molecule has 0 aromatic carbocycles. The van der Waals surface area contributed by atoms with Crippen LogP contribution >= 0.6 is 0 Å². The summed E-state index contributed by atoms with van der Waals surface area (Å²) in [7, 11) is 0. The molecule has 2 aliphatic rings. The van der Waals surface area contributed by atoms with E-state index in [1.165, 1.54) is 0 Å². The molecule has 0 spiro atoms. The third-order valence-electron chi connectivity index (χ3n) is 5.62. The van der Waals surface area contributed by atoms with E-state index >= 15 is 0 Å². The number of carbonyl (C=O) groups is 2. The molecule has 3 atom stereocenters. The molecule has 1 saturated heterocycles. The molecule has 0 aromatic rings. The van der Waals surface area contributed by atoms with Gasteiger partial charge in [0.1, 0.15) is 0 Å². The lowest BCUT2D eigenvalue weighted by Crippen LogP contribution is -2.55. The zero-order valence-electron chi connectivity index (χ0n) is 15.9. The minimum absolute atomic E-state index is 0.0471. The topological polar surface area (TPSA) is 75.4 Å². The van der Waals surface area contributed by atoms with E-state index < -0.39 is 0 Å². The first-order valence-corrected chi connectivity index (χ1v) is 9.47. The molecule has 0 aromatic heterocycles. The number of likely N-dealkylation sites (tertiary alicyclic amines) is 1. The summed E-state index contributed by atoms with van der Waals surface area (Å²) in [6.45, 7) is 10.0. The highest BCUT2D eigenvalue weighted by Crippen LogP contribution is 2.33. The van der Waals surface area contributed by atoms with Crippen molar-refractivity contribution >= 4 is 11.8 Å². The smallest absolute Gasteiger partial charge is 0.227 e. The van der Waals surface area contributed by atoms with Crippen molar-refractivity contribution in [2.75, 3.05) is 19.6 Å². The molecule has 3 unspecified atom stereocenters. The average molecular weight is 338 g/mol. The molecule has 3 N–H and O–H groups in total. The Bertz CT molecular complexity index is 468. The summed E-state index contributed by atoms with van der Waals surface area (Å²) in [4.78, 5) is 27.0. The van der Waals surface area contributed by atoms with Gasteiger partial charge in [-0.3, -0.25) is 9.59 Å². The van der Waals surface area contributed by atoms with Crippen LogP contribution in [0.4, 0.5) is 0 Å². The van der Waals surface area contributed by atoms with Gasteiger partial charge < -0.3 is 16.0 Å². The third-order valence-corrected chi connectivity index (χ3v) is 5.62. The standard InChI is InChI=1S/C19H35N3O2/c1-18(2,3)17(24)21-12-14-8-7-11-22(13-14)16(23)15-9-5-6-10-19(15,4)20/h14-15H,5-13,20H2,1-4H3,(H,21,24). The summed E-state index contributed by atoms with van der Waals surface area (Å²) < 4.78 is 0. The van der Waals surface area contributed by atoms with E-state index in [0.717, 1.165) is 51.6 Å². The van der Waals surface area contributed by atoms with Crippen LogP contribution in [-0.2, 0) is 9.59 Å². The van der Waals surface area contributed by atoms with Gasteiger partial charge in [0.2, 0.25) is 11.8 Å². The number of hydrogen-bond donors (Lipinski definition) is 2. The zero-order chi connectivity index (χ0) is 18.0. The Morgan fingerprint density at radius 2 is 1.92 bits per heavy atom. The summed E-state index contributed by atoms with van der Waals surface area (Å²) in [5.74, 6) is 0.607. The average Bonchev–Trinajstić information content (AvgIpc) is 2.51. The number of nitrogens with zero attached hydrogens (tertiary/aromatic N) is 1. The Labute approximate surface area is 146 Å². The SMILES string of the molecule is CC(C)(C)C(=O)NCC1CCCN(C(=O)C2CCCCC2(C)N)C1. The molecule has 2 rings (SSSR count). The van der Waals surface area contributed by atoms with Crippen molar-refractivity contribution in [3.05, 3.63) is 0 Å². The van der Waals surface area contributed by atoms with Crippen LogP contribution in [0.1, 0.15) is 66.2 Å². The Morgan fingerprint density at radius 1 is 1.21 bits per heavy atom. The van der Waals surface area contributed by atoms with Crippen LogP contribution in [-0.4, -0.2) is 41.9 Å². The van der Waals surface area contributed by atoms with Crippen LogP contribution in [0.15, 0.2) is 0 Å². The molecule has 2 fully saturated rings. The molecule has 138 valence electrons. The molecule has 5 heteroatoms. The fraction of sp³-hybridized carbons (Fsp3) is 0.895. The number of nitrogens with two attached hydrogens (primary N) is 1. The highest BCUT2D eigenvalue weighted by Gasteiger charge is 2.40. The van der Waals surface area contributed by atoms with Crippen molar-refractivity contribution in [3.8, 4) is 0 Å². The van der Waals surface area contributed by atoms with Gasteiger partial charge in [0.05, 0.1) is 5.92 Å². The van der Waals surface area contributed by atoms with E-state index in [4.69, 9.17) is 5.73 Å². The Balaban J connectivity index is 1.90. The normalized spacial score (nSPS) is 31.6. The first-order valence-electron chi connectivity index (χ1n) is 9.47. The Kier molecular flexibility index (Phi) is 5.95. The quantitative estimate of drug-likeness (QED) is 0.830. The van der Waals surface area contributed by atoms with Crippen LogP contribution in [0, 0.1) is 17.3 Å². The van der Waals surface area contributed by atoms with Gasteiger partial charge in [0, 0.05) is 30.6 Å². The van der Waals surface area contributed by atoms with Crippen molar-refractivity contribution < 1.29 is 9.59 Å². The number of hydrogen-bond acceptors (Lipinski definition) is 3. The molecule has 1 heterocycles. The van der Waals surface area contributed by atoms with Gasteiger partial charge >= 0.3 is 0 Å². The summed E-state index contributed by atoms with van der Waals surface area (Å²) in [6.07, 6.45) is 6.14. The highest BCUT2D eigenvalue weighted by molar-refractivity contribution is 5.81. The van der Waals surface area contributed by atoms with Crippen LogP contribution in [0.25, 0.3) is 0 Å². The van der Waals surface area contributed by atoms with E-state index in [9.17, 15) is 9.59 Å². The molecule has 24 heavy (non-hydrogen) atoms. The predicted octanol–water partition coefficient (Wildman–Crippen LogP) is 2.29. The minimum Gasteiger partial charge on any atom is -0.355 e. The van der Waals surface area contributed by atoms with Gasteiger partial charge in [0.25, 0.3) is 0 Å². The van der Waals surface area contributed by atoms with Gasteiger partial charge in [-0.2, -0.15) is 0 Å². The molecular formula is C19H35N3O2. The van der Waals surface area contributed by atoms with Crippen molar-refractivity contribution in [1.29, 1.82) is 0 Å². The predicted molar refractivity (Wildman–Crippen MR) is 96.3 cm³/mol. The minimum atomic E-state index is -0.372. The fourth-order valence-corrected chi connectivity index (χ4v) is 3.92. The Hall–Kier alpha value is -1.10. The summed E-state index contributed by atoms with van der Waals surface area (Å²) >= 11 is 0. The first-order chi connectivity index (χ1) is 11.1. The number of piperidine rings is 1. The number of nitrogens with one attached hydrogen (secondary N) is 1. The molecular weight excluding hydrogens is 302 g/mol. The second-order valence-electron chi connectivity index (χ2n) is 9.06. The van der Waals surface area contributed by atoms with Gasteiger partial charge in [-0.05, 0) is 38.5 Å². The van der Waals surface area contributed by atoms with Gasteiger partial charge in [-0.1, -0.05) is 33.6 Å². The molecule has 1 saturated carbocycles. The Morgan fingerprint density at radius 3 is 2.54 bits per heavy atom. The number of rotatable bonds is 3. The van der Waals surface area contributed by atoms with Crippen LogP contribution in [0.2, 0.25) is 0 Å². The molecule has 0 radical (unpaired) electrons. The lowest BCUT2D eigenvalue weighted by Gasteiger charge is -2.42. The van der Waals surface area contributed by atoms with Crippen LogP contribution in [0.3, 0.4) is 0 Å². The largest absolute Gasteiger partial charge is 0.355 e. The second-order valence-corrected chi connectivity index (χ2v) is 9.06. The van der Waals surface area contributed by atoms with E-state index in [2.05, 4.69) is 5.32 Å². The maximum atomic E-state index is 13.0. The highest BCUT2D eigenvalue weighted by atomic mass is 16.2. The molecule has 1 aliphatic carbocycles. The molecule has 5 nitrogen and oxygen atoms in total. The fourth-order valence-electron chi connectivity index (χ4n) is 3.92. The van der Waals surface area contributed by atoms with Crippen molar-refractivity contribution in [2.45, 2.75) is 71.8 Å². The van der Waals surface area contributed by atoms with E-state index in [-0.39, 0.29) is 28.7 Å². The van der Waals surface area contributed by atoms with E-state index in [0.29, 0.717) is 12.5 Å². The molecule has 1 aliphatic heterocycles. The van der Waals surface area contributed by atoms with E-state index in [1.807, 2.05) is 32.6 Å². The lowest BCUT2D eigenvalue weighted by atomic mass is 9.73. The lowest BCUT2D eigenvalue weighted by molar-refractivity contribution is -0.140. The van der Waals surface area contributed by atoms with Gasteiger partial charge in [-0.25, -0.2) is 0 Å². The summed E-state index contributed by atoms with van der Waals surface area (Å²) in [5.41, 5.74) is 5.67. The zero-order valence-corrected chi connectivity index (χ0v) is 15.9. The maximum Gasteiger partial charge on any atom is 0.227 e. The maximum absolute atomic E-state index is 13.0. The monoisotopic (exact) mass is 337 g/mol. The second kappa shape index (κ2) is 7.42.